The number of rotatable bonds is 8. The lowest BCUT2D eigenvalue weighted by molar-refractivity contribution is 0.0359. The van der Waals surface area contributed by atoms with Gasteiger partial charge in [-0.3, -0.25) is 4.90 Å². The molecule has 0 atom stereocenters. The molecular formula is C23H27N3O2. The Morgan fingerprint density at radius 1 is 0.857 bits per heavy atom. The quantitative estimate of drug-likeness (QED) is 0.601. The summed E-state index contributed by atoms with van der Waals surface area (Å²) in [6, 6.07) is 20.6. The summed E-state index contributed by atoms with van der Waals surface area (Å²) in [4.78, 5) is 7.16. The van der Waals surface area contributed by atoms with Crippen molar-refractivity contribution in [2.24, 2.45) is 0 Å². The Balaban J connectivity index is 1.47. The van der Waals surface area contributed by atoms with Crippen molar-refractivity contribution in [3.63, 3.8) is 0 Å². The van der Waals surface area contributed by atoms with Crippen LogP contribution in [-0.2, 0) is 29.2 Å². The molecular weight excluding hydrogens is 350 g/mol. The van der Waals surface area contributed by atoms with E-state index in [1.54, 1.807) is 0 Å². The van der Waals surface area contributed by atoms with E-state index < -0.39 is 0 Å². The van der Waals surface area contributed by atoms with Crippen molar-refractivity contribution in [3.8, 4) is 11.3 Å². The Hall–Kier alpha value is -2.47. The molecule has 1 aliphatic heterocycles. The first kappa shape index (κ1) is 18.9. The molecule has 0 spiro atoms. The maximum Gasteiger partial charge on any atom is 0.0957 e. The third-order valence-electron chi connectivity index (χ3n) is 5.10. The van der Waals surface area contributed by atoms with Crippen molar-refractivity contribution >= 4 is 0 Å². The molecule has 4 rings (SSSR count). The number of aromatic nitrogens is 2. The minimum atomic E-state index is 0.544. The number of morpholine rings is 1. The molecule has 0 aliphatic carbocycles. The third-order valence-corrected chi connectivity index (χ3v) is 5.10. The first-order valence-corrected chi connectivity index (χ1v) is 9.91. The van der Waals surface area contributed by atoms with E-state index in [0.29, 0.717) is 13.2 Å². The zero-order valence-electron chi connectivity index (χ0n) is 16.2. The summed E-state index contributed by atoms with van der Waals surface area (Å²) in [7, 11) is 0. The summed E-state index contributed by atoms with van der Waals surface area (Å²) in [5.74, 6) is 0. The molecule has 2 heterocycles. The Kier molecular flexibility index (Phi) is 6.50. The minimum absolute atomic E-state index is 0.544. The van der Waals surface area contributed by atoms with Gasteiger partial charge in [-0.15, -0.1) is 0 Å². The molecule has 5 nitrogen and oxygen atoms in total. The van der Waals surface area contributed by atoms with Gasteiger partial charge in [0.05, 0.1) is 44.1 Å². The number of ether oxygens (including phenoxy) is 2. The summed E-state index contributed by atoms with van der Waals surface area (Å²) < 4.78 is 13.8. The third kappa shape index (κ3) is 4.87. The lowest BCUT2D eigenvalue weighted by Crippen LogP contribution is -2.38. The monoisotopic (exact) mass is 377 g/mol. The maximum absolute atomic E-state index is 6.06. The van der Waals surface area contributed by atoms with Crippen LogP contribution in [0.15, 0.2) is 67.0 Å². The molecule has 1 saturated heterocycles. The smallest absolute Gasteiger partial charge is 0.0957 e. The molecule has 146 valence electrons. The van der Waals surface area contributed by atoms with Gasteiger partial charge in [0.2, 0.25) is 0 Å². The number of hydrogen-bond acceptors (Lipinski definition) is 4. The van der Waals surface area contributed by atoms with Crippen LogP contribution in [0.5, 0.6) is 0 Å². The fourth-order valence-electron chi connectivity index (χ4n) is 3.50. The maximum atomic E-state index is 6.06. The van der Waals surface area contributed by atoms with Crippen LogP contribution in [-0.4, -0.2) is 47.3 Å². The molecule has 0 unspecified atom stereocenters. The van der Waals surface area contributed by atoms with Crippen molar-refractivity contribution in [2.45, 2.75) is 19.8 Å². The van der Waals surface area contributed by atoms with Crippen molar-refractivity contribution in [1.82, 2.24) is 14.5 Å². The van der Waals surface area contributed by atoms with Gasteiger partial charge in [-0.1, -0.05) is 60.7 Å². The lowest BCUT2D eigenvalue weighted by Gasteiger charge is -2.26. The molecule has 0 radical (unpaired) electrons. The van der Waals surface area contributed by atoms with Crippen molar-refractivity contribution < 1.29 is 9.47 Å². The number of hydrogen-bond donors (Lipinski definition) is 0. The van der Waals surface area contributed by atoms with Crippen LogP contribution >= 0.6 is 0 Å². The molecule has 5 heteroatoms. The fraction of sp³-hybridized carbons (Fsp3) is 0.348. The molecule has 0 bridgehead atoms. The van der Waals surface area contributed by atoms with Gasteiger partial charge < -0.3 is 14.0 Å². The van der Waals surface area contributed by atoms with Gasteiger partial charge in [-0.2, -0.15) is 0 Å². The van der Waals surface area contributed by atoms with Gasteiger partial charge in [0.1, 0.15) is 0 Å². The second kappa shape index (κ2) is 9.64. The summed E-state index contributed by atoms with van der Waals surface area (Å²) >= 11 is 0. The Labute approximate surface area is 166 Å². The highest BCUT2D eigenvalue weighted by atomic mass is 16.5. The highest BCUT2D eigenvalue weighted by molar-refractivity contribution is 5.61. The Morgan fingerprint density at radius 2 is 1.57 bits per heavy atom. The molecule has 0 amide bonds. The largest absolute Gasteiger partial charge is 0.379 e. The van der Waals surface area contributed by atoms with Crippen LogP contribution in [0.4, 0.5) is 0 Å². The topological polar surface area (TPSA) is 39.5 Å². The zero-order valence-corrected chi connectivity index (χ0v) is 16.2. The van der Waals surface area contributed by atoms with Crippen LogP contribution in [0.25, 0.3) is 11.3 Å². The van der Waals surface area contributed by atoms with E-state index in [-0.39, 0.29) is 0 Å². The molecule has 28 heavy (non-hydrogen) atoms. The van der Waals surface area contributed by atoms with Gasteiger partial charge in [-0.25, -0.2) is 4.98 Å². The summed E-state index contributed by atoms with van der Waals surface area (Å²) in [5, 5.41) is 0. The lowest BCUT2D eigenvalue weighted by atomic mass is 10.1. The van der Waals surface area contributed by atoms with E-state index in [0.717, 1.165) is 56.3 Å². The Morgan fingerprint density at radius 3 is 2.32 bits per heavy atom. The van der Waals surface area contributed by atoms with Crippen LogP contribution in [0.1, 0.15) is 11.3 Å². The summed E-state index contributed by atoms with van der Waals surface area (Å²) in [5.41, 5.74) is 4.46. The zero-order chi connectivity index (χ0) is 19.0. The van der Waals surface area contributed by atoms with Crippen LogP contribution < -0.4 is 0 Å². The molecule has 1 fully saturated rings. The molecule has 0 N–H and O–H groups in total. The van der Waals surface area contributed by atoms with Gasteiger partial charge in [0.15, 0.2) is 0 Å². The average Bonchev–Trinajstić information content (AvgIpc) is 3.17. The van der Waals surface area contributed by atoms with E-state index in [9.17, 15) is 0 Å². The number of benzene rings is 2. The first-order valence-electron chi connectivity index (χ1n) is 9.91. The molecule has 0 saturated carbocycles. The van der Waals surface area contributed by atoms with Gasteiger partial charge in [-0.05, 0) is 5.56 Å². The minimum Gasteiger partial charge on any atom is -0.379 e. The Bertz CT molecular complexity index is 843. The van der Waals surface area contributed by atoms with Gasteiger partial charge in [0, 0.05) is 31.7 Å². The summed E-state index contributed by atoms with van der Waals surface area (Å²) in [6.45, 7) is 6.70. The van der Waals surface area contributed by atoms with Crippen LogP contribution in [0.3, 0.4) is 0 Å². The van der Waals surface area contributed by atoms with Gasteiger partial charge in [0.25, 0.3) is 0 Å². The summed E-state index contributed by atoms with van der Waals surface area (Å²) in [6.07, 6.45) is 1.95. The molecule has 3 aromatic rings. The molecule has 1 aromatic heterocycles. The average molecular weight is 377 g/mol. The first-order chi connectivity index (χ1) is 13.9. The van der Waals surface area contributed by atoms with Crippen molar-refractivity contribution in [3.05, 3.63) is 78.2 Å². The van der Waals surface area contributed by atoms with E-state index >= 15 is 0 Å². The number of nitrogens with zero attached hydrogens (tertiary/aromatic N) is 3. The predicted molar refractivity (Wildman–Crippen MR) is 110 cm³/mol. The molecule has 2 aromatic carbocycles. The van der Waals surface area contributed by atoms with Crippen LogP contribution in [0.2, 0.25) is 0 Å². The van der Waals surface area contributed by atoms with Crippen molar-refractivity contribution in [1.29, 1.82) is 0 Å². The van der Waals surface area contributed by atoms with Crippen LogP contribution in [0, 0.1) is 0 Å². The highest BCUT2D eigenvalue weighted by Crippen LogP contribution is 2.23. The second-order valence-electron chi connectivity index (χ2n) is 7.03. The van der Waals surface area contributed by atoms with Gasteiger partial charge >= 0.3 is 0 Å². The predicted octanol–water partition coefficient (Wildman–Crippen LogP) is 3.60. The molecule has 1 aliphatic rings. The van der Waals surface area contributed by atoms with Crippen molar-refractivity contribution in [2.75, 3.05) is 32.8 Å². The fourth-order valence-corrected chi connectivity index (χ4v) is 3.50. The van der Waals surface area contributed by atoms with E-state index in [1.807, 2.05) is 30.6 Å². The standard InChI is InChI=1S/C23H27N3O2/c1-3-7-20(8-4-1)17-28-18-22-23(21-9-5-2-6-10-21)24-19-26(22)12-11-25-13-15-27-16-14-25/h1-10,19H,11-18H2. The second-order valence-corrected chi connectivity index (χ2v) is 7.03. The normalized spacial score (nSPS) is 15.0. The SMILES string of the molecule is c1ccc(COCc2c(-c3ccccc3)ncn2CCN2CCOCC2)cc1. The highest BCUT2D eigenvalue weighted by Gasteiger charge is 2.15. The van der Waals surface area contributed by atoms with E-state index in [4.69, 9.17) is 14.5 Å². The van der Waals surface area contributed by atoms with E-state index in [2.05, 4.69) is 45.9 Å². The number of imidazole rings is 1. The van der Waals surface area contributed by atoms with E-state index in [1.165, 1.54) is 5.56 Å².